The molecule has 2 saturated heterocycles. The smallest absolute Gasteiger partial charge is 0.243 e. The molecule has 0 aliphatic carbocycles. The van der Waals surface area contributed by atoms with Crippen molar-refractivity contribution >= 4 is 21.6 Å². The lowest BCUT2D eigenvalue weighted by Gasteiger charge is -2.39. The number of hydrogen-bond acceptors (Lipinski definition) is 5. The summed E-state index contributed by atoms with van der Waals surface area (Å²) >= 11 is 0. The maximum atomic E-state index is 13.2. The van der Waals surface area contributed by atoms with Gasteiger partial charge in [-0.25, -0.2) is 8.42 Å². The van der Waals surface area contributed by atoms with E-state index in [9.17, 15) is 13.2 Å². The average molecular weight is 458 g/mol. The molecule has 2 aromatic carbocycles. The number of rotatable bonds is 5. The van der Waals surface area contributed by atoms with E-state index in [4.69, 9.17) is 4.74 Å². The van der Waals surface area contributed by atoms with E-state index in [1.54, 1.807) is 19.2 Å². The molecule has 0 spiro atoms. The van der Waals surface area contributed by atoms with Gasteiger partial charge in [0.25, 0.3) is 0 Å². The number of aryl methyl sites for hydroxylation is 1. The Balaban J connectivity index is 1.36. The number of amides is 1. The minimum atomic E-state index is -3.58. The number of carbonyl (C=O) groups is 1. The van der Waals surface area contributed by atoms with Crippen LogP contribution >= 0.6 is 0 Å². The van der Waals surface area contributed by atoms with Gasteiger partial charge in [-0.1, -0.05) is 17.7 Å². The molecular formula is C24H31N3O4S. The molecule has 0 saturated carbocycles. The van der Waals surface area contributed by atoms with E-state index in [0.717, 1.165) is 36.5 Å². The number of carbonyl (C=O) groups excluding carboxylic acids is 1. The summed E-state index contributed by atoms with van der Waals surface area (Å²) in [6.45, 7) is 5.46. The first kappa shape index (κ1) is 22.6. The van der Waals surface area contributed by atoms with E-state index >= 15 is 0 Å². The van der Waals surface area contributed by atoms with Crippen LogP contribution in [-0.4, -0.2) is 69.9 Å². The van der Waals surface area contributed by atoms with Gasteiger partial charge in [0, 0.05) is 45.0 Å². The van der Waals surface area contributed by atoms with E-state index in [1.165, 1.54) is 4.31 Å². The third-order valence-electron chi connectivity index (χ3n) is 6.42. The molecule has 1 atom stereocenters. The maximum absolute atomic E-state index is 13.2. The Hall–Kier alpha value is -2.58. The molecule has 172 valence electrons. The molecule has 2 aromatic rings. The van der Waals surface area contributed by atoms with E-state index in [1.807, 2.05) is 48.2 Å². The minimum absolute atomic E-state index is 0.0724. The molecule has 7 nitrogen and oxygen atoms in total. The fraction of sp³-hybridized carbons (Fsp3) is 0.458. The van der Waals surface area contributed by atoms with Gasteiger partial charge >= 0.3 is 0 Å². The Kier molecular flexibility index (Phi) is 6.71. The van der Waals surface area contributed by atoms with Crippen LogP contribution < -0.4 is 9.64 Å². The molecule has 0 radical (unpaired) electrons. The highest BCUT2D eigenvalue weighted by atomic mass is 32.2. The van der Waals surface area contributed by atoms with Gasteiger partial charge < -0.3 is 14.5 Å². The zero-order valence-corrected chi connectivity index (χ0v) is 19.6. The highest BCUT2D eigenvalue weighted by Gasteiger charge is 2.35. The predicted octanol–water partition coefficient (Wildman–Crippen LogP) is 2.75. The third kappa shape index (κ3) is 4.76. The number of sulfonamides is 1. The third-order valence-corrected chi connectivity index (χ3v) is 8.30. The molecule has 2 fully saturated rings. The molecule has 0 bridgehead atoms. The molecule has 0 unspecified atom stereocenters. The standard InChI is InChI=1S/C24H31N3O4S/c1-19-5-11-23(12-6-19)32(29,30)27-13-3-4-20(18-27)24(28)26-16-14-25(15-17-26)21-7-9-22(31-2)10-8-21/h5-12,20H,3-4,13-18H2,1-2H3/t20-/m0/s1. The Morgan fingerprint density at radius 2 is 1.59 bits per heavy atom. The SMILES string of the molecule is COc1ccc(N2CCN(C(=O)[C@H]3CCCN(S(=O)(=O)c4ccc(C)cc4)C3)CC2)cc1. The highest BCUT2D eigenvalue weighted by molar-refractivity contribution is 7.89. The van der Waals surface area contributed by atoms with Crippen molar-refractivity contribution in [3.63, 3.8) is 0 Å². The largest absolute Gasteiger partial charge is 0.497 e. The van der Waals surface area contributed by atoms with Gasteiger partial charge in [-0.2, -0.15) is 4.31 Å². The normalized spacial score (nSPS) is 20.2. The molecule has 32 heavy (non-hydrogen) atoms. The van der Waals surface area contributed by atoms with Gasteiger partial charge in [-0.15, -0.1) is 0 Å². The van der Waals surface area contributed by atoms with Crippen LogP contribution in [0.5, 0.6) is 5.75 Å². The quantitative estimate of drug-likeness (QED) is 0.691. The van der Waals surface area contributed by atoms with Gasteiger partial charge in [0.05, 0.1) is 17.9 Å². The minimum Gasteiger partial charge on any atom is -0.497 e. The zero-order chi connectivity index (χ0) is 22.7. The number of methoxy groups -OCH3 is 1. The number of nitrogens with zero attached hydrogens (tertiary/aromatic N) is 3. The van der Waals surface area contributed by atoms with Crippen molar-refractivity contribution in [2.45, 2.75) is 24.7 Å². The first-order valence-electron chi connectivity index (χ1n) is 11.1. The average Bonchev–Trinajstić information content (AvgIpc) is 2.84. The number of ether oxygens (including phenoxy) is 1. The Morgan fingerprint density at radius 1 is 0.938 bits per heavy atom. The lowest BCUT2D eigenvalue weighted by molar-refractivity contribution is -0.137. The van der Waals surface area contributed by atoms with Crippen molar-refractivity contribution in [1.82, 2.24) is 9.21 Å². The molecule has 4 rings (SSSR count). The Morgan fingerprint density at radius 3 is 2.22 bits per heavy atom. The summed E-state index contributed by atoms with van der Waals surface area (Å²) < 4.78 is 32.9. The molecule has 8 heteroatoms. The van der Waals surface area contributed by atoms with Crippen molar-refractivity contribution in [3.8, 4) is 5.75 Å². The van der Waals surface area contributed by atoms with Crippen LogP contribution in [0.15, 0.2) is 53.4 Å². The van der Waals surface area contributed by atoms with Crippen molar-refractivity contribution in [2.75, 3.05) is 51.3 Å². The second-order valence-electron chi connectivity index (χ2n) is 8.53. The van der Waals surface area contributed by atoms with Crippen LogP contribution in [0.25, 0.3) is 0 Å². The van der Waals surface area contributed by atoms with Gasteiger partial charge in [0.15, 0.2) is 0 Å². The first-order chi connectivity index (χ1) is 15.4. The summed E-state index contributed by atoms with van der Waals surface area (Å²) in [6.07, 6.45) is 1.44. The van der Waals surface area contributed by atoms with Gasteiger partial charge in [0.1, 0.15) is 5.75 Å². The van der Waals surface area contributed by atoms with E-state index < -0.39 is 10.0 Å². The lowest BCUT2D eigenvalue weighted by Crippen LogP contribution is -2.53. The van der Waals surface area contributed by atoms with E-state index in [2.05, 4.69) is 4.90 Å². The number of piperazine rings is 1. The van der Waals surface area contributed by atoms with E-state index in [0.29, 0.717) is 31.0 Å². The summed E-state index contributed by atoms with van der Waals surface area (Å²) in [4.78, 5) is 17.7. The molecule has 2 aliphatic heterocycles. The second kappa shape index (κ2) is 9.50. The topological polar surface area (TPSA) is 70.2 Å². The molecule has 2 aliphatic rings. The zero-order valence-electron chi connectivity index (χ0n) is 18.7. The van der Waals surface area contributed by atoms with Crippen LogP contribution in [0.4, 0.5) is 5.69 Å². The van der Waals surface area contributed by atoms with Crippen LogP contribution in [-0.2, 0) is 14.8 Å². The Bertz CT molecular complexity index is 1030. The molecule has 2 heterocycles. The number of hydrogen-bond donors (Lipinski definition) is 0. The molecular weight excluding hydrogens is 426 g/mol. The molecule has 0 N–H and O–H groups in total. The van der Waals surface area contributed by atoms with Crippen molar-refractivity contribution in [2.24, 2.45) is 5.92 Å². The van der Waals surface area contributed by atoms with Gasteiger partial charge in [-0.05, 0) is 56.2 Å². The van der Waals surface area contributed by atoms with Crippen LogP contribution in [0.1, 0.15) is 18.4 Å². The second-order valence-corrected chi connectivity index (χ2v) is 10.5. The van der Waals surface area contributed by atoms with Gasteiger partial charge in [-0.3, -0.25) is 4.79 Å². The maximum Gasteiger partial charge on any atom is 0.243 e. The van der Waals surface area contributed by atoms with Gasteiger partial charge in [0.2, 0.25) is 15.9 Å². The number of benzene rings is 2. The van der Waals surface area contributed by atoms with Crippen LogP contribution in [0.3, 0.4) is 0 Å². The van der Waals surface area contributed by atoms with E-state index in [-0.39, 0.29) is 18.4 Å². The fourth-order valence-corrected chi connectivity index (χ4v) is 5.98. The first-order valence-corrected chi connectivity index (χ1v) is 12.6. The summed E-state index contributed by atoms with van der Waals surface area (Å²) in [6, 6.07) is 14.9. The summed E-state index contributed by atoms with van der Waals surface area (Å²) in [7, 11) is -1.93. The number of piperidine rings is 1. The summed E-state index contributed by atoms with van der Waals surface area (Å²) in [5.41, 5.74) is 2.13. The lowest BCUT2D eigenvalue weighted by atomic mass is 9.97. The fourth-order valence-electron chi connectivity index (χ4n) is 4.46. The summed E-state index contributed by atoms with van der Waals surface area (Å²) in [5.74, 6) is 0.615. The molecule has 1 amide bonds. The summed E-state index contributed by atoms with van der Waals surface area (Å²) in [5, 5.41) is 0. The van der Waals surface area contributed by atoms with Crippen LogP contribution in [0, 0.1) is 12.8 Å². The monoisotopic (exact) mass is 457 g/mol. The highest BCUT2D eigenvalue weighted by Crippen LogP contribution is 2.26. The van der Waals surface area contributed by atoms with Crippen molar-refractivity contribution in [3.05, 3.63) is 54.1 Å². The molecule has 0 aromatic heterocycles. The Labute approximate surface area is 190 Å². The van der Waals surface area contributed by atoms with Crippen molar-refractivity contribution in [1.29, 1.82) is 0 Å². The predicted molar refractivity (Wildman–Crippen MR) is 124 cm³/mol. The van der Waals surface area contributed by atoms with Crippen LogP contribution in [0.2, 0.25) is 0 Å². The van der Waals surface area contributed by atoms with Crippen molar-refractivity contribution < 1.29 is 17.9 Å². The number of anilines is 1.